The summed E-state index contributed by atoms with van der Waals surface area (Å²) in [6, 6.07) is 5.68. The molecule has 2 aliphatic heterocycles. The van der Waals surface area contributed by atoms with Gasteiger partial charge in [0, 0.05) is 10.1 Å². The highest BCUT2D eigenvalue weighted by molar-refractivity contribution is 14.1. The number of rotatable bonds is 2. The summed E-state index contributed by atoms with van der Waals surface area (Å²) < 4.78 is 8.66. The number of fused-ring (bicyclic) bond motifs is 5. The van der Waals surface area contributed by atoms with Crippen LogP contribution in [-0.2, 0) is 4.74 Å². The van der Waals surface area contributed by atoms with Crippen molar-refractivity contribution in [1.82, 2.24) is 14.5 Å². The molecule has 1 aromatic heterocycles. The molecule has 5 rings (SSSR count). The van der Waals surface area contributed by atoms with E-state index in [0.29, 0.717) is 17.8 Å². The smallest absolute Gasteiger partial charge is 0.359 e. The molecule has 146 valence electrons. The van der Waals surface area contributed by atoms with E-state index in [0.717, 1.165) is 53.5 Å². The van der Waals surface area contributed by atoms with E-state index in [4.69, 9.17) is 4.74 Å². The first kappa shape index (κ1) is 18.1. The molecule has 3 aliphatic rings. The summed E-state index contributed by atoms with van der Waals surface area (Å²) in [5.74, 6) is -0.313. The Morgan fingerprint density at radius 3 is 2.79 bits per heavy atom. The van der Waals surface area contributed by atoms with Gasteiger partial charge in [0.15, 0.2) is 5.69 Å². The van der Waals surface area contributed by atoms with Gasteiger partial charge in [0.05, 0.1) is 23.0 Å². The molecule has 1 atom stereocenters. The number of carbonyl (C=O) groups is 2. The van der Waals surface area contributed by atoms with Gasteiger partial charge in [0.1, 0.15) is 12.4 Å². The molecule has 0 unspecified atom stereocenters. The molecule has 1 saturated carbocycles. The van der Waals surface area contributed by atoms with Crippen LogP contribution in [0.15, 0.2) is 24.5 Å². The predicted molar refractivity (Wildman–Crippen MR) is 112 cm³/mol. The van der Waals surface area contributed by atoms with Crippen LogP contribution in [0.2, 0.25) is 0 Å². The molecule has 1 aliphatic carbocycles. The average Bonchev–Trinajstić information content (AvgIpc) is 3.33. The molecule has 0 radical (unpaired) electrons. The van der Waals surface area contributed by atoms with Crippen molar-refractivity contribution in [3.8, 4) is 5.69 Å². The van der Waals surface area contributed by atoms with Crippen LogP contribution in [0.3, 0.4) is 0 Å². The highest BCUT2D eigenvalue weighted by atomic mass is 127. The van der Waals surface area contributed by atoms with Crippen molar-refractivity contribution in [2.45, 2.75) is 57.1 Å². The second-order valence-corrected chi connectivity index (χ2v) is 8.97. The number of nitrogens with zero attached hydrogens (tertiary/aromatic N) is 3. The van der Waals surface area contributed by atoms with Gasteiger partial charge in [-0.1, -0.05) is 12.5 Å². The fraction of sp³-hybridized carbons (Fsp3) is 0.476. The number of aromatic nitrogens is 2. The van der Waals surface area contributed by atoms with Gasteiger partial charge in [-0.25, -0.2) is 9.78 Å². The Balaban J connectivity index is 1.60. The first-order chi connectivity index (χ1) is 13.6. The quantitative estimate of drug-likeness (QED) is 0.466. The van der Waals surface area contributed by atoms with E-state index in [2.05, 4.69) is 27.6 Å². The fourth-order valence-electron chi connectivity index (χ4n) is 4.78. The molecule has 1 aromatic carbocycles. The van der Waals surface area contributed by atoms with Crippen molar-refractivity contribution in [3.05, 3.63) is 45.0 Å². The van der Waals surface area contributed by atoms with Gasteiger partial charge in [0.25, 0.3) is 5.91 Å². The number of carbonyl (C=O) groups excluding carboxylic acids is 2. The van der Waals surface area contributed by atoms with E-state index in [1.165, 1.54) is 6.42 Å². The molecule has 1 saturated heterocycles. The third-order valence-electron chi connectivity index (χ3n) is 6.12. The maximum atomic E-state index is 13.3. The van der Waals surface area contributed by atoms with Gasteiger partial charge in [-0.05, 0) is 73.2 Å². The highest BCUT2D eigenvalue weighted by Gasteiger charge is 2.41. The minimum absolute atomic E-state index is 0.0149. The zero-order chi connectivity index (χ0) is 19.3. The second-order valence-electron chi connectivity index (χ2n) is 7.80. The molecule has 0 bridgehead atoms. The molecule has 2 aromatic rings. The minimum Gasteiger partial charge on any atom is -0.458 e. The third kappa shape index (κ3) is 2.86. The van der Waals surface area contributed by atoms with Gasteiger partial charge < -0.3 is 9.64 Å². The summed E-state index contributed by atoms with van der Waals surface area (Å²) in [7, 11) is 0. The van der Waals surface area contributed by atoms with Crippen LogP contribution in [0.5, 0.6) is 0 Å². The Morgan fingerprint density at radius 1 is 1.14 bits per heavy atom. The maximum absolute atomic E-state index is 13.3. The molecular formula is C21H22IN3O3. The summed E-state index contributed by atoms with van der Waals surface area (Å²) >= 11 is 2.21. The Kier molecular flexibility index (Phi) is 4.65. The average molecular weight is 491 g/mol. The first-order valence-corrected chi connectivity index (χ1v) is 11.1. The fourth-order valence-corrected chi connectivity index (χ4v) is 5.49. The van der Waals surface area contributed by atoms with Gasteiger partial charge in [-0.3, -0.25) is 9.36 Å². The van der Waals surface area contributed by atoms with Crippen molar-refractivity contribution in [3.63, 3.8) is 0 Å². The van der Waals surface area contributed by atoms with E-state index in [9.17, 15) is 9.59 Å². The molecule has 3 heterocycles. The second kappa shape index (κ2) is 7.17. The maximum Gasteiger partial charge on any atom is 0.359 e. The zero-order valence-electron chi connectivity index (χ0n) is 15.6. The SMILES string of the molecule is O=C(OC1CCCCC1)c1ncn2c1[C@@H]1CCCN1C(=O)c1c(I)cccc1-2. The summed E-state index contributed by atoms with van der Waals surface area (Å²) in [6.45, 7) is 0.705. The lowest BCUT2D eigenvalue weighted by atomic mass is 9.98. The number of benzene rings is 1. The Labute approximate surface area is 177 Å². The summed E-state index contributed by atoms with van der Waals surface area (Å²) in [6.07, 6.45) is 8.71. The normalized spacial score (nSPS) is 21.7. The van der Waals surface area contributed by atoms with Crippen molar-refractivity contribution in [1.29, 1.82) is 0 Å². The van der Waals surface area contributed by atoms with E-state index in [1.807, 2.05) is 27.7 Å². The number of ether oxygens (including phenoxy) is 1. The number of amides is 1. The lowest BCUT2D eigenvalue weighted by molar-refractivity contribution is 0.0201. The molecule has 0 spiro atoms. The standard InChI is InChI=1S/C21H22IN3O3/c22-14-8-4-9-15-17(14)20(26)24-11-5-10-16(24)19-18(23-12-25(15)19)21(27)28-13-6-2-1-3-7-13/h4,8-9,12-13,16H,1-3,5-7,10-11H2/t16-/m0/s1. The van der Waals surface area contributed by atoms with Crippen LogP contribution in [0.1, 0.15) is 77.5 Å². The molecule has 6 nitrogen and oxygen atoms in total. The van der Waals surface area contributed by atoms with Crippen molar-refractivity contribution in [2.75, 3.05) is 6.54 Å². The molecule has 1 amide bonds. The lowest BCUT2D eigenvalue weighted by Crippen LogP contribution is -2.31. The zero-order valence-corrected chi connectivity index (χ0v) is 17.7. The molecule has 2 fully saturated rings. The predicted octanol–water partition coefficient (Wildman–Crippen LogP) is 4.26. The largest absolute Gasteiger partial charge is 0.458 e. The van der Waals surface area contributed by atoms with Crippen LogP contribution < -0.4 is 0 Å². The number of hydrogen-bond donors (Lipinski definition) is 0. The molecule has 0 N–H and O–H groups in total. The molecular weight excluding hydrogens is 469 g/mol. The number of hydrogen-bond acceptors (Lipinski definition) is 4. The first-order valence-electron chi connectivity index (χ1n) is 10.0. The lowest BCUT2D eigenvalue weighted by Gasteiger charge is -2.24. The van der Waals surface area contributed by atoms with Gasteiger partial charge in [-0.2, -0.15) is 0 Å². The summed E-state index contributed by atoms with van der Waals surface area (Å²) in [4.78, 5) is 32.6. The number of halogens is 1. The van der Waals surface area contributed by atoms with Crippen LogP contribution in [0.25, 0.3) is 5.69 Å². The monoisotopic (exact) mass is 491 g/mol. The number of imidazole rings is 1. The minimum atomic E-state index is -0.353. The van der Waals surface area contributed by atoms with E-state index >= 15 is 0 Å². The van der Waals surface area contributed by atoms with Crippen LogP contribution in [0, 0.1) is 3.57 Å². The molecule has 28 heavy (non-hydrogen) atoms. The van der Waals surface area contributed by atoms with E-state index in [1.54, 1.807) is 6.33 Å². The third-order valence-corrected chi connectivity index (χ3v) is 7.02. The van der Waals surface area contributed by atoms with Crippen molar-refractivity contribution >= 4 is 34.5 Å². The Hall–Kier alpha value is -1.90. The van der Waals surface area contributed by atoms with Crippen LogP contribution in [-0.4, -0.2) is 39.0 Å². The Morgan fingerprint density at radius 2 is 1.96 bits per heavy atom. The van der Waals surface area contributed by atoms with Gasteiger partial charge >= 0.3 is 5.97 Å². The van der Waals surface area contributed by atoms with Crippen molar-refractivity contribution < 1.29 is 14.3 Å². The topological polar surface area (TPSA) is 64.4 Å². The summed E-state index contributed by atoms with van der Waals surface area (Å²) in [5.41, 5.74) is 2.65. The van der Waals surface area contributed by atoms with Crippen LogP contribution in [0.4, 0.5) is 0 Å². The summed E-state index contributed by atoms with van der Waals surface area (Å²) in [5, 5.41) is 0. The highest BCUT2D eigenvalue weighted by Crippen LogP contribution is 2.41. The van der Waals surface area contributed by atoms with Gasteiger partial charge in [-0.15, -0.1) is 0 Å². The van der Waals surface area contributed by atoms with E-state index in [-0.39, 0.29) is 24.0 Å². The number of esters is 1. The van der Waals surface area contributed by atoms with Crippen molar-refractivity contribution in [2.24, 2.45) is 0 Å². The van der Waals surface area contributed by atoms with Gasteiger partial charge in [0.2, 0.25) is 0 Å². The molecule has 7 heteroatoms. The Bertz CT molecular complexity index is 948. The van der Waals surface area contributed by atoms with Crippen LogP contribution >= 0.6 is 22.6 Å². The van der Waals surface area contributed by atoms with E-state index < -0.39 is 0 Å².